The molecule has 0 aromatic heterocycles. The summed E-state index contributed by atoms with van der Waals surface area (Å²) in [6.07, 6.45) is 0.857. The Labute approximate surface area is 154 Å². The van der Waals surface area contributed by atoms with Crippen molar-refractivity contribution in [2.75, 3.05) is 25.7 Å². The van der Waals surface area contributed by atoms with Crippen LogP contribution in [0.5, 0.6) is 11.5 Å². The number of halogens is 1. The van der Waals surface area contributed by atoms with Crippen LogP contribution >= 0.6 is 11.6 Å². The molecule has 0 N–H and O–H groups in total. The molecule has 0 saturated heterocycles. The van der Waals surface area contributed by atoms with Crippen LogP contribution in [0.1, 0.15) is 34.8 Å². The van der Waals surface area contributed by atoms with E-state index in [0.717, 1.165) is 23.2 Å². The molecule has 134 valence electrons. The van der Waals surface area contributed by atoms with Crippen LogP contribution in [0.25, 0.3) is 0 Å². The summed E-state index contributed by atoms with van der Waals surface area (Å²) in [5, 5.41) is 0.366. The maximum atomic E-state index is 12.9. The molecule has 0 saturated carbocycles. The van der Waals surface area contributed by atoms with Crippen molar-refractivity contribution >= 4 is 23.2 Å². The standard InChI is InChI=1S/C20H24ClNO3/c1-6-9-25-19-16(21)11-15(12-18(19)24-5)20(23)22(4)17-10-13(2)7-8-14(17)3/h7-8,10-12H,6,9H2,1-5H3. The zero-order chi connectivity index (χ0) is 18.6. The van der Waals surface area contributed by atoms with E-state index in [4.69, 9.17) is 21.1 Å². The van der Waals surface area contributed by atoms with Crippen LogP contribution in [0.4, 0.5) is 5.69 Å². The molecule has 2 rings (SSSR count). The van der Waals surface area contributed by atoms with Crippen LogP contribution in [-0.2, 0) is 0 Å². The lowest BCUT2D eigenvalue weighted by atomic mass is 10.1. The molecule has 25 heavy (non-hydrogen) atoms. The molecule has 2 aromatic carbocycles. The molecular formula is C20H24ClNO3. The van der Waals surface area contributed by atoms with Gasteiger partial charge in [-0.1, -0.05) is 30.7 Å². The van der Waals surface area contributed by atoms with Gasteiger partial charge in [0.25, 0.3) is 5.91 Å². The minimum atomic E-state index is -0.157. The molecule has 0 aliphatic carbocycles. The van der Waals surface area contributed by atoms with Gasteiger partial charge in [-0.15, -0.1) is 0 Å². The number of benzene rings is 2. The van der Waals surface area contributed by atoms with E-state index in [2.05, 4.69) is 0 Å². The molecule has 0 fully saturated rings. The first-order chi connectivity index (χ1) is 11.9. The van der Waals surface area contributed by atoms with E-state index in [1.54, 1.807) is 24.1 Å². The van der Waals surface area contributed by atoms with Gasteiger partial charge in [0.1, 0.15) is 0 Å². The van der Waals surface area contributed by atoms with Crippen molar-refractivity contribution in [3.05, 3.63) is 52.0 Å². The zero-order valence-electron chi connectivity index (χ0n) is 15.4. The minimum absolute atomic E-state index is 0.157. The van der Waals surface area contributed by atoms with E-state index >= 15 is 0 Å². The van der Waals surface area contributed by atoms with Gasteiger partial charge in [0.2, 0.25) is 0 Å². The number of rotatable bonds is 6. The van der Waals surface area contributed by atoms with Crippen molar-refractivity contribution in [1.29, 1.82) is 0 Å². The lowest BCUT2D eigenvalue weighted by Gasteiger charge is -2.21. The van der Waals surface area contributed by atoms with Gasteiger partial charge in [-0.25, -0.2) is 0 Å². The third-order valence-corrected chi connectivity index (χ3v) is 4.24. The smallest absolute Gasteiger partial charge is 0.258 e. The fourth-order valence-electron chi connectivity index (χ4n) is 2.57. The van der Waals surface area contributed by atoms with Crippen molar-refractivity contribution in [1.82, 2.24) is 0 Å². The van der Waals surface area contributed by atoms with Gasteiger partial charge in [0.05, 0.1) is 18.7 Å². The van der Waals surface area contributed by atoms with Gasteiger partial charge >= 0.3 is 0 Å². The number of carbonyl (C=O) groups excluding carboxylic acids is 1. The fourth-order valence-corrected chi connectivity index (χ4v) is 2.84. The van der Waals surface area contributed by atoms with Crippen molar-refractivity contribution in [3.8, 4) is 11.5 Å². The van der Waals surface area contributed by atoms with E-state index in [9.17, 15) is 4.79 Å². The second kappa shape index (κ2) is 8.26. The topological polar surface area (TPSA) is 38.8 Å². The summed E-state index contributed by atoms with van der Waals surface area (Å²) in [6, 6.07) is 9.31. The quantitative estimate of drug-likeness (QED) is 0.724. The highest BCUT2D eigenvalue weighted by molar-refractivity contribution is 6.32. The van der Waals surface area contributed by atoms with Gasteiger partial charge in [-0.3, -0.25) is 4.79 Å². The van der Waals surface area contributed by atoms with E-state index in [-0.39, 0.29) is 5.91 Å². The van der Waals surface area contributed by atoms with Crippen LogP contribution in [0.3, 0.4) is 0 Å². The maximum Gasteiger partial charge on any atom is 0.258 e. The summed E-state index contributed by atoms with van der Waals surface area (Å²) >= 11 is 6.32. The van der Waals surface area contributed by atoms with Crippen molar-refractivity contribution in [3.63, 3.8) is 0 Å². The van der Waals surface area contributed by atoms with Gasteiger partial charge in [0, 0.05) is 18.3 Å². The normalized spacial score (nSPS) is 10.5. The molecule has 0 aliphatic rings. The van der Waals surface area contributed by atoms with E-state index in [1.807, 2.05) is 39.0 Å². The summed E-state index contributed by atoms with van der Waals surface area (Å²) in [6.45, 7) is 6.53. The number of amides is 1. The lowest BCUT2D eigenvalue weighted by molar-refractivity contribution is 0.0992. The Bertz CT molecular complexity index is 774. The predicted molar refractivity (Wildman–Crippen MR) is 102 cm³/mol. The summed E-state index contributed by atoms with van der Waals surface area (Å²) in [5.41, 5.74) is 3.45. The SMILES string of the molecule is CCCOc1c(Cl)cc(C(=O)N(C)c2cc(C)ccc2C)cc1OC. The third kappa shape index (κ3) is 4.26. The fraction of sp³-hybridized carbons (Fsp3) is 0.350. The highest BCUT2D eigenvalue weighted by Gasteiger charge is 2.20. The Hall–Kier alpha value is -2.20. The first-order valence-corrected chi connectivity index (χ1v) is 8.62. The van der Waals surface area contributed by atoms with Crippen LogP contribution in [0.2, 0.25) is 5.02 Å². The largest absolute Gasteiger partial charge is 0.493 e. The second-order valence-electron chi connectivity index (χ2n) is 5.99. The van der Waals surface area contributed by atoms with Crippen molar-refractivity contribution < 1.29 is 14.3 Å². The number of ether oxygens (including phenoxy) is 2. The van der Waals surface area contributed by atoms with Crippen molar-refractivity contribution in [2.24, 2.45) is 0 Å². The minimum Gasteiger partial charge on any atom is -0.493 e. The van der Waals surface area contributed by atoms with Crippen LogP contribution in [0, 0.1) is 13.8 Å². The van der Waals surface area contributed by atoms with Gasteiger partial charge in [-0.2, -0.15) is 0 Å². The Kier molecular flexibility index (Phi) is 6.32. The summed E-state index contributed by atoms with van der Waals surface area (Å²) < 4.78 is 11.0. The first kappa shape index (κ1) is 19.1. The molecular weight excluding hydrogens is 338 g/mol. The Morgan fingerprint density at radius 2 is 1.92 bits per heavy atom. The monoisotopic (exact) mass is 361 g/mol. The lowest BCUT2D eigenvalue weighted by Crippen LogP contribution is -2.27. The van der Waals surface area contributed by atoms with Crippen molar-refractivity contribution in [2.45, 2.75) is 27.2 Å². The predicted octanol–water partition coefficient (Wildman–Crippen LogP) is 5.03. The Morgan fingerprint density at radius 3 is 2.56 bits per heavy atom. The number of methoxy groups -OCH3 is 1. The molecule has 2 aromatic rings. The van der Waals surface area contributed by atoms with Crippen LogP contribution < -0.4 is 14.4 Å². The molecule has 0 spiro atoms. The number of anilines is 1. The van der Waals surface area contributed by atoms with Crippen LogP contribution in [0.15, 0.2) is 30.3 Å². The molecule has 0 radical (unpaired) electrons. The number of hydrogen-bond donors (Lipinski definition) is 0. The molecule has 1 amide bonds. The highest BCUT2D eigenvalue weighted by Crippen LogP contribution is 2.37. The van der Waals surface area contributed by atoms with Crippen LogP contribution in [-0.4, -0.2) is 26.7 Å². The molecule has 0 bridgehead atoms. The number of hydrogen-bond acceptors (Lipinski definition) is 3. The van der Waals surface area contributed by atoms with E-state index in [1.165, 1.54) is 7.11 Å². The number of aryl methyl sites for hydroxylation is 2. The van der Waals surface area contributed by atoms with E-state index < -0.39 is 0 Å². The molecule has 0 heterocycles. The van der Waals surface area contributed by atoms with E-state index in [0.29, 0.717) is 28.7 Å². The Balaban J connectivity index is 2.38. The molecule has 5 heteroatoms. The first-order valence-electron chi connectivity index (χ1n) is 8.24. The summed E-state index contributed by atoms with van der Waals surface area (Å²) in [5.74, 6) is 0.770. The zero-order valence-corrected chi connectivity index (χ0v) is 16.1. The number of carbonyl (C=O) groups is 1. The summed E-state index contributed by atoms with van der Waals surface area (Å²) in [7, 11) is 3.29. The summed E-state index contributed by atoms with van der Waals surface area (Å²) in [4.78, 5) is 14.6. The molecule has 4 nitrogen and oxygen atoms in total. The molecule has 0 atom stereocenters. The third-order valence-electron chi connectivity index (χ3n) is 3.96. The second-order valence-corrected chi connectivity index (χ2v) is 6.40. The highest BCUT2D eigenvalue weighted by atomic mass is 35.5. The van der Waals surface area contributed by atoms with Gasteiger partial charge in [0.15, 0.2) is 11.5 Å². The van der Waals surface area contributed by atoms with Gasteiger partial charge in [-0.05, 0) is 49.6 Å². The molecule has 0 unspecified atom stereocenters. The average molecular weight is 362 g/mol. The van der Waals surface area contributed by atoms with Gasteiger partial charge < -0.3 is 14.4 Å². The average Bonchev–Trinajstić information content (AvgIpc) is 2.60. The number of nitrogens with zero attached hydrogens (tertiary/aromatic N) is 1. The maximum absolute atomic E-state index is 12.9. The molecule has 0 aliphatic heterocycles. The Morgan fingerprint density at radius 1 is 1.20 bits per heavy atom.